The summed E-state index contributed by atoms with van der Waals surface area (Å²) in [7, 11) is -0.170. The van der Waals surface area contributed by atoms with Crippen LogP contribution in [-0.2, 0) is 14.3 Å². The van der Waals surface area contributed by atoms with Crippen molar-refractivity contribution in [2.24, 2.45) is 5.92 Å². The van der Waals surface area contributed by atoms with Crippen LogP contribution in [0, 0.1) is 17.4 Å². The molecule has 4 nitrogen and oxygen atoms in total. The number of carbonyl (C=O) groups is 1. The summed E-state index contributed by atoms with van der Waals surface area (Å²) < 4.78 is 10.2. The summed E-state index contributed by atoms with van der Waals surface area (Å²) in [5.41, 5.74) is 2.08. The molecule has 1 aliphatic heterocycles. The fraction of sp³-hybridized carbons (Fsp3) is 0.769. The molecule has 0 bridgehead atoms. The molecule has 0 unspecified atom stereocenters. The van der Waals surface area contributed by atoms with Crippen LogP contribution in [-0.4, -0.2) is 44.1 Å². The van der Waals surface area contributed by atoms with Crippen molar-refractivity contribution in [3.05, 3.63) is 0 Å². The van der Waals surface area contributed by atoms with Crippen LogP contribution in [0.25, 0.3) is 0 Å². The van der Waals surface area contributed by atoms with Gasteiger partial charge in [-0.25, -0.2) is 0 Å². The molecule has 0 aromatic carbocycles. The van der Waals surface area contributed by atoms with Crippen LogP contribution in [0.15, 0.2) is 0 Å². The van der Waals surface area contributed by atoms with Crippen LogP contribution in [0.1, 0.15) is 12.8 Å². The maximum absolute atomic E-state index is 11.6. The minimum Gasteiger partial charge on any atom is -0.469 e. The average molecular weight is 268 g/mol. The van der Waals surface area contributed by atoms with Crippen molar-refractivity contribution in [3.63, 3.8) is 0 Å². The van der Waals surface area contributed by atoms with Gasteiger partial charge in [0.15, 0.2) is 0 Å². The summed E-state index contributed by atoms with van der Waals surface area (Å²) in [4.78, 5) is 11.6. The number of hydrogen-bond acceptors (Lipinski definition) is 4. The SMILES string of the molecule is COC(=O)[C@@H]1C[C@@](O)(C#C[Si](C)(C)C)C[C@@H]2O[C@@H]21. The van der Waals surface area contributed by atoms with Crippen molar-refractivity contribution in [2.45, 2.75) is 50.3 Å². The van der Waals surface area contributed by atoms with Crippen LogP contribution < -0.4 is 0 Å². The Morgan fingerprint density at radius 1 is 1.44 bits per heavy atom. The monoisotopic (exact) mass is 268 g/mol. The number of hydrogen-bond donors (Lipinski definition) is 1. The minimum atomic E-state index is -1.53. The highest BCUT2D eigenvalue weighted by Crippen LogP contribution is 2.45. The van der Waals surface area contributed by atoms with E-state index in [0.29, 0.717) is 12.8 Å². The lowest BCUT2D eigenvalue weighted by molar-refractivity contribution is -0.148. The highest BCUT2D eigenvalue weighted by molar-refractivity contribution is 6.83. The summed E-state index contributed by atoms with van der Waals surface area (Å²) in [6.45, 7) is 6.38. The van der Waals surface area contributed by atoms with Crippen molar-refractivity contribution in [1.29, 1.82) is 0 Å². The molecule has 1 heterocycles. The van der Waals surface area contributed by atoms with E-state index in [2.05, 4.69) is 31.1 Å². The van der Waals surface area contributed by atoms with Gasteiger partial charge in [0.25, 0.3) is 0 Å². The van der Waals surface area contributed by atoms with Crippen molar-refractivity contribution in [2.75, 3.05) is 7.11 Å². The molecule has 1 saturated heterocycles. The Morgan fingerprint density at radius 2 is 2.11 bits per heavy atom. The van der Waals surface area contributed by atoms with E-state index in [-0.39, 0.29) is 24.1 Å². The molecule has 2 rings (SSSR count). The molecule has 18 heavy (non-hydrogen) atoms. The summed E-state index contributed by atoms with van der Waals surface area (Å²) >= 11 is 0. The lowest BCUT2D eigenvalue weighted by Gasteiger charge is -2.29. The van der Waals surface area contributed by atoms with E-state index in [1.54, 1.807) is 0 Å². The number of epoxide rings is 1. The third-order valence-corrected chi connectivity index (χ3v) is 4.16. The summed E-state index contributed by atoms with van der Waals surface area (Å²) in [6, 6.07) is 0. The Balaban J connectivity index is 2.14. The third kappa shape index (κ3) is 2.94. The fourth-order valence-electron chi connectivity index (χ4n) is 2.35. The number of rotatable bonds is 1. The first-order valence-corrected chi connectivity index (χ1v) is 9.74. The molecular formula is C13H20O4Si. The topological polar surface area (TPSA) is 59.1 Å². The van der Waals surface area contributed by atoms with Crippen molar-refractivity contribution in [1.82, 2.24) is 0 Å². The minimum absolute atomic E-state index is 0.0382. The molecule has 0 spiro atoms. The lowest BCUT2D eigenvalue weighted by Crippen LogP contribution is -2.41. The number of ether oxygens (including phenoxy) is 2. The predicted molar refractivity (Wildman–Crippen MR) is 69.5 cm³/mol. The van der Waals surface area contributed by atoms with Gasteiger partial charge in [-0.05, 0) is 0 Å². The zero-order valence-corrected chi connectivity index (χ0v) is 12.3. The molecule has 0 amide bonds. The summed E-state index contributed by atoms with van der Waals surface area (Å²) in [5, 5.41) is 10.5. The third-order valence-electron chi connectivity index (χ3n) is 3.29. The second-order valence-electron chi connectivity index (χ2n) is 6.21. The van der Waals surface area contributed by atoms with Gasteiger partial charge in [-0.1, -0.05) is 25.6 Å². The number of esters is 1. The Labute approximate surface area is 109 Å². The van der Waals surface area contributed by atoms with Gasteiger partial charge < -0.3 is 14.6 Å². The van der Waals surface area contributed by atoms with Crippen LogP contribution in [0.5, 0.6) is 0 Å². The normalized spacial score (nSPS) is 38.2. The summed E-state index contributed by atoms with van der Waals surface area (Å²) in [5.74, 6) is 2.29. The average Bonchev–Trinajstić information content (AvgIpc) is 3.02. The second kappa shape index (κ2) is 4.37. The van der Waals surface area contributed by atoms with Crippen molar-refractivity contribution < 1.29 is 19.4 Å². The fourth-order valence-corrected chi connectivity index (χ4v) is 2.95. The molecule has 0 aromatic rings. The predicted octanol–water partition coefficient (Wildman–Crippen LogP) is 0.949. The van der Waals surface area contributed by atoms with Gasteiger partial charge in [0.1, 0.15) is 13.7 Å². The molecule has 1 saturated carbocycles. The first-order valence-electron chi connectivity index (χ1n) is 6.24. The number of aliphatic hydroxyl groups is 1. The molecule has 0 radical (unpaired) electrons. The smallest absolute Gasteiger partial charge is 0.311 e. The Kier molecular flexibility index (Phi) is 3.30. The zero-order chi connectivity index (χ0) is 13.6. The molecule has 100 valence electrons. The van der Waals surface area contributed by atoms with Crippen LogP contribution in [0.2, 0.25) is 19.6 Å². The van der Waals surface area contributed by atoms with E-state index in [0.717, 1.165) is 0 Å². The van der Waals surface area contributed by atoms with E-state index in [1.165, 1.54) is 7.11 Å². The Morgan fingerprint density at radius 3 is 2.67 bits per heavy atom. The second-order valence-corrected chi connectivity index (χ2v) is 11.0. The first kappa shape index (κ1) is 13.6. The van der Waals surface area contributed by atoms with Crippen molar-refractivity contribution in [3.8, 4) is 11.5 Å². The van der Waals surface area contributed by atoms with Crippen LogP contribution in [0.3, 0.4) is 0 Å². The number of methoxy groups -OCH3 is 1. The number of carbonyl (C=O) groups excluding carboxylic acids is 1. The summed E-state index contributed by atoms with van der Waals surface area (Å²) in [6.07, 6.45) is 0.705. The van der Waals surface area contributed by atoms with Crippen molar-refractivity contribution >= 4 is 14.0 Å². The molecule has 0 aromatic heterocycles. The standard InChI is InChI=1S/C13H20O4Si/c1-16-12(14)9-7-13(15,5-6-18(2,3)4)8-10-11(9)17-10/h9-11,15H,7-8H2,1-4H3/t9-,10+,11-,13+/m1/s1. The molecule has 5 heteroatoms. The van der Waals surface area contributed by atoms with Gasteiger partial charge >= 0.3 is 5.97 Å². The molecule has 2 aliphatic rings. The lowest BCUT2D eigenvalue weighted by atomic mass is 9.78. The molecule has 1 aliphatic carbocycles. The van der Waals surface area contributed by atoms with E-state index < -0.39 is 13.7 Å². The van der Waals surface area contributed by atoms with E-state index in [4.69, 9.17) is 9.47 Å². The molecule has 4 atom stereocenters. The maximum Gasteiger partial charge on any atom is 0.311 e. The Bertz CT molecular complexity index is 417. The van der Waals surface area contributed by atoms with E-state index >= 15 is 0 Å². The van der Waals surface area contributed by atoms with Crippen LogP contribution in [0.4, 0.5) is 0 Å². The zero-order valence-electron chi connectivity index (χ0n) is 11.3. The van der Waals surface area contributed by atoms with Gasteiger partial charge in [0, 0.05) is 12.8 Å². The van der Waals surface area contributed by atoms with Gasteiger partial charge in [-0.3, -0.25) is 4.79 Å². The molecule has 1 N–H and O–H groups in total. The van der Waals surface area contributed by atoms with Gasteiger partial charge in [0.2, 0.25) is 0 Å². The van der Waals surface area contributed by atoms with E-state index in [1.807, 2.05) is 0 Å². The van der Waals surface area contributed by atoms with Gasteiger partial charge in [-0.2, -0.15) is 0 Å². The quantitative estimate of drug-likeness (QED) is 0.333. The van der Waals surface area contributed by atoms with E-state index in [9.17, 15) is 9.90 Å². The number of fused-ring (bicyclic) bond motifs is 1. The highest BCUT2D eigenvalue weighted by Gasteiger charge is 2.57. The molecular weight excluding hydrogens is 248 g/mol. The Hall–Kier alpha value is -0.833. The van der Waals surface area contributed by atoms with Gasteiger partial charge in [-0.15, -0.1) is 5.54 Å². The molecule has 2 fully saturated rings. The van der Waals surface area contributed by atoms with Crippen LogP contribution >= 0.6 is 0 Å². The maximum atomic E-state index is 11.6. The van der Waals surface area contributed by atoms with Gasteiger partial charge in [0.05, 0.1) is 25.2 Å². The first-order chi connectivity index (χ1) is 8.24. The largest absolute Gasteiger partial charge is 0.469 e. The highest BCUT2D eigenvalue weighted by atomic mass is 28.3.